The van der Waals surface area contributed by atoms with Crippen molar-refractivity contribution in [2.45, 2.75) is 6.92 Å². The van der Waals surface area contributed by atoms with E-state index in [-0.39, 0.29) is 18.3 Å². The number of carbonyl (C=O) groups is 1. The molecular weight excluding hydrogens is 278 g/mol. The van der Waals surface area contributed by atoms with Gasteiger partial charge in [-0.15, -0.1) is 0 Å². The van der Waals surface area contributed by atoms with Crippen LogP contribution in [0.5, 0.6) is 11.5 Å². The second kappa shape index (κ2) is 6.30. The van der Waals surface area contributed by atoms with Crippen LogP contribution in [0.25, 0.3) is 0 Å². The molecule has 2 N–H and O–H groups in total. The molecule has 2 rings (SSSR count). The molecule has 20 heavy (non-hydrogen) atoms. The lowest BCUT2D eigenvalue weighted by atomic mass is 10.2. The number of phenolic OH excluding ortho intramolecular Hbond substituents is 1. The summed E-state index contributed by atoms with van der Waals surface area (Å²) in [5, 5.41) is 12.6. The van der Waals surface area contributed by atoms with E-state index in [0.29, 0.717) is 16.5 Å². The molecule has 0 heterocycles. The van der Waals surface area contributed by atoms with E-state index in [1.165, 1.54) is 12.1 Å². The number of phenols is 1. The second-order valence-electron chi connectivity index (χ2n) is 4.30. The van der Waals surface area contributed by atoms with E-state index < -0.39 is 0 Å². The van der Waals surface area contributed by atoms with Crippen molar-refractivity contribution in [3.63, 3.8) is 0 Å². The highest BCUT2D eigenvalue weighted by Crippen LogP contribution is 2.21. The lowest BCUT2D eigenvalue weighted by Gasteiger charge is -2.10. The molecule has 0 aliphatic rings. The monoisotopic (exact) mass is 291 g/mol. The van der Waals surface area contributed by atoms with Crippen molar-refractivity contribution in [2.75, 3.05) is 11.9 Å². The average Bonchev–Trinajstić information content (AvgIpc) is 2.37. The van der Waals surface area contributed by atoms with Crippen LogP contribution in [0.2, 0.25) is 5.02 Å². The number of hydrogen-bond acceptors (Lipinski definition) is 3. The number of hydrogen-bond donors (Lipinski definition) is 2. The molecule has 104 valence electrons. The van der Waals surface area contributed by atoms with Gasteiger partial charge < -0.3 is 15.2 Å². The lowest BCUT2D eigenvalue weighted by Crippen LogP contribution is -2.20. The van der Waals surface area contributed by atoms with Crippen LogP contribution in [0, 0.1) is 6.92 Å². The molecule has 0 fully saturated rings. The Morgan fingerprint density at radius 2 is 2.10 bits per heavy atom. The predicted octanol–water partition coefficient (Wildman–Crippen LogP) is 3.37. The number of anilines is 1. The Balaban J connectivity index is 1.92. The Hall–Kier alpha value is -2.20. The zero-order chi connectivity index (χ0) is 14.5. The van der Waals surface area contributed by atoms with Crippen molar-refractivity contribution in [1.82, 2.24) is 0 Å². The fourth-order valence-corrected chi connectivity index (χ4v) is 1.93. The van der Waals surface area contributed by atoms with E-state index in [1.807, 2.05) is 6.92 Å². The molecule has 0 aromatic heterocycles. The molecule has 0 bridgehead atoms. The summed E-state index contributed by atoms with van der Waals surface area (Å²) in [6.45, 7) is 1.74. The van der Waals surface area contributed by atoms with Crippen molar-refractivity contribution < 1.29 is 14.6 Å². The van der Waals surface area contributed by atoms with E-state index in [2.05, 4.69) is 5.32 Å². The Morgan fingerprint density at radius 3 is 2.80 bits per heavy atom. The molecule has 0 aliphatic carbocycles. The molecule has 2 aromatic carbocycles. The number of aryl methyl sites for hydroxylation is 1. The van der Waals surface area contributed by atoms with Gasteiger partial charge in [0.05, 0.1) is 0 Å². The van der Waals surface area contributed by atoms with E-state index in [4.69, 9.17) is 16.3 Å². The lowest BCUT2D eigenvalue weighted by molar-refractivity contribution is -0.118. The first kappa shape index (κ1) is 14.2. The highest BCUT2D eigenvalue weighted by Gasteiger charge is 2.06. The highest BCUT2D eigenvalue weighted by atomic mass is 35.5. The summed E-state index contributed by atoms with van der Waals surface area (Å²) in [7, 11) is 0. The zero-order valence-electron chi connectivity index (χ0n) is 10.9. The summed E-state index contributed by atoms with van der Waals surface area (Å²) in [5.74, 6) is 0.405. The van der Waals surface area contributed by atoms with Gasteiger partial charge in [0.25, 0.3) is 5.91 Å². The quantitative estimate of drug-likeness (QED) is 0.908. The number of ether oxygens (including phenoxy) is 1. The van der Waals surface area contributed by atoms with Crippen LogP contribution >= 0.6 is 11.6 Å². The molecular formula is C15H14ClNO3. The Morgan fingerprint density at radius 1 is 1.30 bits per heavy atom. The van der Waals surface area contributed by atoms with Crippen molar-refractivity contribution >= 4 is 23.2 Å². The van der Waals surface area contributed by atoms with Crippen LogP contribution in [-0.2, 0) is 4.79 Å². The number of carbonyl (C=O) groups excluding carboxylic acids is 1. The van der Waals surface area contributed by atoms with Crippen molar-refractivity contribution in [3.05, 3.63) is 53.1 Å². The van der Waals surface area contributed by atoms with E-state index in [0.717, 1.165) is 5.56 Å². The van der Waals surface area contributed by atoms with Gasteiger partial charge in [-0.05, 0) is 42.8 Å². The topological polar surface area (TPSA) is 58.6 Å². The first-order valence-electron chi connectivity index (χ1n) is 6.02. The maximum atomic E-state index is 11.7. The van der Waals surface area contributed by atoms with Crippen LogP contribution in [0.1, 0.15) is 5.56 Å². The summed E-state index contributed by atoms with van der Waals surface area (Å²) in [5.41, 5.74) is 1.38. The number of amides is 1. The largest absolute Gasteiger partial charge is 0.508 e. The van der Waals surface area contributed by atoms with Crippen molar-refractivity contribution in [1.29, 1.82) is 0 Å². The van der Waals surface area contributed by atoms with Gasteiger partial charge in [0.1, 0.15) is 11.5 Å². The maximum absolute atomic E-state index is 11.7. The van der Waals surface area contributed by atoms with Gasteiger partial charge in [-0.2, -0.15) is 0 Å². The smallest absolute Gasteiger partial charge is 0.262 e. The Kier molecular flexibility index (Phi) is 4.48. The standard InChI is InChI=1S/C15H14ClNO3/c1-10-7-11(16)5-6-14(10)20-9-15(19)17-12-3-2-4-13(18)8-12/h2-8,18H,9H2,1H3,(H,17,19). The van der Waals surface area contributed by atoms with Crippen LogP contribution in [0.4, 0.5) is 5.69 Å². The van der Waals surface area contributed by atoms with Crippen molar-refractivity contribution in [2.24, 2.45) is 0 Å². The molecule has 0 aliphatic heterocycles. The Labute approximate surface area is 122 Å². The van der Waals surface area contributed by atoms with Crippen LogP contribution < -0.4 is 10.1 Å². The van der Waals surface area contributed by atoms with Crippen LogP contribution in [0.3, 0.4) is 0 Å². The third-order valence-electron chi connectivity index (χ3n) is 2.63. The fraction of sp³-hybridized carbons (Fsp3) is 0.133. The zero-order valence-corrected chi connectivity index (χ0v) is 11.6. The van der Waals surface area contributed by atoms with Gasteiger partial charge in [-0.3, -0.25) is 4.79 Å². The summed E-state index contributed by atoms with van der Waals surface area (Å²) in [6.07, 6.45) is 0. The third-order valence-corrected chi connectivity index (χ3v) is 2.86. The average molecular weight is 292 g/mol. The summed E-state index contributed by atoms with van der Waals surface area (Å²) in [4.78, 5) is 11.7. The van der Waals surface area contributed by atoms with E-state index in [1.54, 1.807) is 30.3 Å². The van der Waals surface area contributed by atoms with Gasteiger partial charge >= 0.3 is 0 Å². The SMILES string of the molecule is Cc1cc(Cl)ccc1OCC(=O)Nc1cccc(O)c1. The normalized spacial score (nSPS) is 10.1. The molecule has 0 radical (unpaired) electrons. The molecule has 0 unspecified atom stereocenters. The minimum Gasteiger partial charge on any atom is -0.508 e. The molecule has 0 saturated carbocycles. The molecule has 4 nitrogen and oxygen atoms in total. The second-order valence-corrected chi connectivity index (χ2v) is 4.73. The molecule has 1 amide bonds. The molecule has 0 saturated heterocycles. The van der Waals surface area contributed by atoms with Gasteiger partial charge in [0, 0.05) is 16.8 Å². The van der Waals surface area contributed by atoms with Gasteiger partial charge in [-0.25, -0.2) is 0 Å². The predicted molar refractivity (Wildman–Crippen MR) is 78.4 cm³/mol. The van der Waals surface area contributed by atoms with E-state index >= 15 is 0 Å². The summed E-state index contributed by atoms with van der Waals surface area (Å²) < 4.78 is 5.42. The van der Waals surface area contributed by atoms with E-state index in [9.17, 15) is 9.90 Å². The minimum absolute atomic E-state index is 0.0947. The highest BCUT2D eigenvalue weighted by molar-refractivity contribution is 6.30. The third kappa shape index (κ3) is 3.90. The van der Waals surface area contributed by atoms with Crippen LogP contribution in [-0.4, -0.2) is 17.6 Å². The number of rotatable bonds is 4. The number of nitrogens with one attached hydrogen (secondary N) is 1. The molecule has 2 aromatic rings. The number of aromatic hydroxyl groups is 1. The Bertz CT molecular complexity index is 628. The minimum atomic E-state index is -0.301. The molecule has 5 heteroatoms. The summed E-state index contributed by atoms with van der Waals surface area (Å²) >= 11 is 5.84. The first-order valence-corrected chi connectivity index (χ1v) is 6.40. The number of halogens is 1. The fourth-order valence-electron chi connectivity index (χ4n) is 1.70. The van der Waals surface area contributed by atoms with Gasteiger partial charge in [0.2, 0.25) is 0 Å². The molecule has 0 spiro atoms. The summed E-state index contributed by atoms with van der Waals surface area (Å²) in [6, 6.07) is 11.5. The maximum Gasteiger partial charge on any atom is 0.262 e. The number of benzene rings is 2. The molecule has 0 atom stereocenters. The first-order chi connectivity index (χ1) is 9.54. The van der Waals surface area contributed by atoms with Gasteiger partial charge in [0.15, 0.2) is 6.61 Å². The van der Waals surface area contributed by atoms with Crippen LogP contribution in [0.15, 0.2) is 42.5 Å². The van der Waals surface area contributed by atoms with Gasteiger partial charge in [-0.1, -0.05) is 17.7 Å². The van der Waals surface area contributed by atoms with Crippen molar-refractivity contribution in [3.8, 4) is 11.5 Å².